The third kappa shape index (κ3) is 5.07. The molecule has 8 nitrogen and oxygen atoms in total. The van der Waals surface area contributed by atoms with E-state index in [0.717, 1.165) is 35.5 Å². The summed E-state index contributed by atoms with van der Waals surface area (Å²) in [5.41, 5.74) is 0.522. The lowest BCUT2D eigenvalue weighted by atomic mass is 10.2. The maximum absolute atomic E-state index is 14.0. The highest BCUT2D eigenvalue weighted by Gasteiger charge is 2.16. The van der Waals surface area contributed by atoms with E-state index in [9.17, 15) is 24.1 Å². The molecule has 166 valence electrons. The van der Waals surface area contributed by atoms with Crippen molar-refractivity contribution in [2.45, 2.75) is 11.7 Å². The quantitative estimate of drug-likeness (QED) is 0.190. The topological polar surface area (TPSA) is 107 Å². The average molecular weight is 464 g/mol. The molecule has 1 heterocycles. The van der Waals surface area contributed by atoms with Crippen LogP contribution in [0, 0.1) is 15.9 Å². The van der Waals surface area contributed by atoms with Crippen molar-refractivity contribution in [1.82, 2.24) is 9.55 Å². The molecule has 0 spiro atoms. The number of amides is 1. The Balaban J connectivity index is 1.60. The molecular formula is C23H17FN4O4S. The van der Waals surface area contributed by atoms with E-state index in [1.54, 1.807) is 24.3 Å². The summed E-state index contributed by atoms with van der Waals surface area (Å²) in [5.74, 6) is -1.56. The van der Waals surface area contributed by atoms with Gasteiger partial charge < -0.3 is 5.32 Å². The van der Waals surface area contributed by atoms with Crippen LogP contribution in [0.15, 0.2) is 82.7 Å². The van der Waals surface area contributed by atoms with E-state index in [1.807, 2.05) is 30.3 Å². The number of nitrogens with zero attached hydrogens (tertiary/aromatic N) is 3. The van der Waals surface area contributed by atoms with E-state index >= 15 is 0 Å². The Labute approximate surface area is 191 Å². The Bertz CT molecular complexity index is 1410. The summed E-state index contributed by atoms with van der Waals surface area (Å²) < 4.78 is 15.5. The molecule has 1 aromatic heterocycles. The number of para-hydroxylation sites is 1. The molecule has 4 aromatic rings. The van der Waals surface area contributed by atoms with E-state index in [1.165, 1.54) is 4.57 Å². The smallest absolute Gasteiger partial charge is 0.271 e. The standard InChI is InChI=1S/C23H17FN4O4S/c24-18-11-10-16(28(31)32)12-20(18)25-21(29)14-33-23-26-19-9-5-4-8-17(19)22(30)27(23)13-15-6-2-1-3-7-15/h1-12H,13-14H2,(H,25,29). The maximum atomic E-state index is 14.0. The Morgan fingerprint density at radius 1 is 1.09 bits per heavy atom. The predicted octanol–water partition coefficient (Wildman–Crippen LogP) is 4.22. The highest BCUT2D eigenvalue weighted by Crippen LogP contribution is 2.23. The number of anilines is 1. The molecule has 0 fully saturated rings. The van der Waals surface area contributed by atoms with Crippen molar-refractivity contribution in [2.75, 3.05) is 11.1 Å². The number of thioether (sulfide) groups is 1. The molecule has 0 aliphatic rings. The zero-order chi connectivity index (χ0) is 23.4. The van der Waals surface area contributed by atoms with Gasteiger partial charge in [0.05, 0.1) is 33.8 Å². The van der Waals surface area contributed by atoms with Crippen molar-refractivity contribution < 1.29 is 14.1 Å². The van der Waals surface area contributed by atoms with Gasteiger partial charge in [-0.1, -0.05) is 54.2 Å². The van der Waals surface area contributed by atoms with Crippen LogP contribution in [0.4, 0.5) is 15.8 Å². The van der Waals surface area contributed by atoms with Crippen molar-refractivity contribution >= 4 is 39.9 Å². The number of nitro groups is 1. The van der Waals surface area contributed by atoms with Crippen LogP contribution >= 0.6 is 11.8 Å². The zero-order valence-electron chi connectivity index (χ0n) is 17.1. The molecular weight excluding hydrogens is 447 g/mol. The molecule has 0 bridgehead atoms. The van der Waals surface area contributed by atoms with Crippen LogP contribution in [0.2, 0.25) is 0 Å². The van der Waals surface area contributed by atoms with Crippen LogP contribution in [0.25, 0.3) is 10.9 Å². The first kappa shape index (κ1) is 22.2. The van der Waals surface area contributed by atoms with Gasteiger partial charge in [-0.25, -0.2) is 9.37 Å². The number of benzene rings is 3. The molecule has 0 saturated carbocycles. The number of nitro benzene ring substituents is 1. The van der Waals surface area contributed by atoms with Gasteiger partial charge in [-0.05, 0) is 23.8 Å². The summed E-state index contributed by atoms with van der Waals surface area (Å²) in [6.45, 7) is 0.265. The average Bonchev–Trinajstić information content (AvgIpc) is 2.82. The van der Waals surface area contributed by atoms with Crippen molar-refractivity contribution in [3.63, 3.8) is 0 Å². The fraction of sp³-hybridized carbons (Fsp3) is 0.0870. The number of non-ortho nitro benzene ring substituents is 1. The summed E-state index contributed by atoms with van der Waals surface area (Å²) >= 11 is 1.02. The van der Waals surface area contributed by atoms with Crippen molar-refractivity contribution in [3.8, 4) is 0 Å². The minimum absolute atomic E-state index is 0.179. The van der Waals surface area contributed by atoms with Gasteiger partial charge in [0.2, 0.25) is 5.91 Å². The summed E-state index contributed by atoms with van der Waals surface area (Å²) in [5, 5.41) is 14.0. The lowest BCUT2D eigenvalue weighted by molar-refractivity contribution is -0.384. The summed E-state index contributed by atoms with van der Waals surface area (Å²) in [4.78, 5) is 40.4. The van der Waals surface area contributed by atoms with Gasteiger partial charge >= 0.3 is 0 Å². The number of rotatable bonds is 7. The number of hydrogen-bond acceptors (Lipinski definition) is 6. The Morgan fingerprint density at radius 3 is 2.58 bits per heavy atom. The third-order valence-corrected chi connectivity index (χ3v) is 5.75. The second-order valence-corrected chi connectivity index (χ2v) is 7.99. The molecule has 33 heavy (non-hydrogen) atoms. The van der Waals surface area contributed by atoms with Crippen molar-refractivity contribution in [2.24, 2.45) is 0 Å². The number of halogens is 1. The fourth-order valence-corrected chi connectivity index (χ4v) is 4.00. The van der Waals surface area contributed by atoms with Crippen LogP contribution in [-0.2, 0) is 11.3 Å². The minimum atomic E-state index is -0.788. The molecule has 0 atom stereocenters. The molecule has 0 aliphatic heterocycles. The van der Waals surface area contributed by atoms with Gasteiger partial charge in [-0.3, -0.25) is 24.3 Å². The fourth-order valence-electron chi connectivity index (χ4n) is 3.20. The lowest BCUT2D eigenvalue weighted by Crippen LogP contribution is -2.25. The van der Waals surface area contributed by atoms with E-state index < -0.39 is 16.6 Å². The molecule has 0 unspecified atom stereocenters. The Morgan fingerprint density at radius 2 is 1.82 bits per heavy atom. The Hall–Kier alpha value is -4.05. The van der Waals surface area contributed by atoms with Crippen molar-refractivity contribution in [3.05, 3.63) is 105 Å². The summed E-state index contributed by atoms with van der Waals surface area (Å²) in [7, 11) is 0. The van der Waals surface area contributed by atoms with E-state index in [-0.39, 0.29) is 29.2 Å². The second kappa shape index (κ2) is 9.61. The van der Waals surface area contributed by atoms with Crippen LogP contribution < -0.4 is 10.9 Å². The first-order valence-electron chi connectivity index (χ1n) is 9.82. The van der Waals surface area contributed by atoms with Crippen LogP contribution in [0.3, 0.4) is 0 Å². The third-order valence-electron chi connectivity index (χ3n) is 4.78. The van der Waals surface area contributed by atoms with E-state index in [4.69, 9.17) is 0 Å². The van der Waals surface area contributed by atoms with Gasteiger partial charge in [-0.15, -0.1) is 0 Å². The second-order valence-electron chi connectivity index (χ2n) is 7.05. The maximum Gasteiger partial charge on any atom is 0.271 e. The van der Waals surface area contributed by atoms with Gasteiger partial charge in [0.1, 0.15) is 5.82 Å². The van der Waals surface area contributed by atoms with Gasteiger partial charge in [-0.2, -0.15) is 0 Å². The zero-order valence-corrected chi connectivity index (χ0v) is 17.9. The molecule has 1 amide bonds. The number of carbonyl (C=O) groups is 1. The number of hydrogen-bond donors (Lipinski definition) is 1. The predicted molar refractivity (Wildman–Crippen MR) is 124 cm³/mol. The molecule has 0 saturated heterocycles. The summed E-state index contributed by atoms with van der Waals surface area (Å²) in [6, 6.07) is 19.2. The first-order chi connectivity index (χ1) is 15.9. The highest BCUT2D eigenvalue weighted by molar-refractivity contribution is 7.99. The molecule has 1 N–H and O–H groups in total. The first-order valence-corrected chi connectivity index (χ1v) is 10.8. The molecule has 10 heteroatoms. The van der Waals surface area contributed by atoms with Crippen LogP contribution in [0.1, 0.15) is 5.56 Å². The number of aromatic nitrogens is 2. The van der Waals surface area contributed by atoms with Gasteiger partial charge in [0.25, 0.3) is 11.2 Å². The number of carbonyl (C=O) groups excluding carboxylic acids is 1. The highest BCUT2D eigenvalue weighted by atomic mass is 32.2. The largest absolute Gasteiger partial charge is 0.323 e. The van der Waals surface area contributed by atoms with Gasteiger partial charge in [0.15, 0.2) is 5.16 Å². The minimum Gasteiger partial charge on any atom is -0.323 e. The van der Waals surface area contributed by atoms with E-state index in [2.05, 4.69) is 10.3 Å². The monoisotopic (exact) mass is 464 g/mol. The molecule has 0 radical (unpaired) electrons. The Kier molecular flexibility index (Phi) is 6.45. The van der Waals surface area contributed by atoms with Gasteiger partial charge in [0, 0.05) is 12.1 Å². The van der Waals surface area contributed by atoms with Crippen LogP contribution in [0.5, 0.6) is 0 Å². The molecule has 3 aromatic carbocycles. The van der Waals surface area contributed by atoms with Crippen molar-refractivity contribution in [1.29, 1.82) is 0 Å². The number of fused-ring (bicyclic) bond motifs is 1. The molecule has 0 aliphatic carbocycles. The SMILES string of the molecule is O=C(CSc1nc2ccccc2c(=O)n1Cc1ccccc1)Nc1cc([N+](=O)[O-])ccc1F. The van der Waals surface area contributed by atoms with Crippen LogP contribution in [-0.4, -0.2) is 26.1 Å². The number of nitrogens with one attached hydrogen (secondary N) is 1. The normalized spacial score (nSPS) is 10.8. The molecule has 4 rings (SSSR count). The van der Waals surface area contributed by atoms with E-state index in [0.29, 0.717) is 16.1 Å². The lowest BCUT2D eigenvalue weighted by Gasteiger charge is -2.13. The summed E-state index contributed by atoms with van der Waals surface area (Å²) in [6.07, 6.45) is 0.